The topological polar surface area (TPSA) is 60.2 Å². The number of anilines is 1. The standard InChI is InChI=1S/C11H15N3O2S/c1-3-10-13-11(17-14-10)12-8(7-15-2)9-5-4-6-16-9/h4-6,8H,3,7H2,1-2H3,(H,12,13,14). The van der Waals surface area contributed by atoms with Gasteiger partial charge in [0.15, 0.2) is 0 Å². The summed E-state index contributed by atoms with van der Waals surface area (Å²) in [5, 5.41) is 4.06. The minimum absolute atomic E-state index is 0.0346. The molecule has 2 rings (SSSR count). The zero-order chi connectivity index (χ0) is 12.1. The van der Waals surface area contributed by atoms with Gasteiger partial charge in [-0.05, 0) is 12.1 Å². The van der Waals surface area contributed by atoms with Crippen molar-refractivity contribution in [3.63, 3.8) is 0 Å². The number of nitrogens with zero attached hydrogens (tertiary/aromatic N) is 2. The fraction of sp³-hybridized carbons (Fsp3) is 0.455. The Morgan fingerprint density at radius 1 is 1.59 bits per heavy atom. The highest BCUT2D eigenvalue weighted by atomic mass is 32.1. The van der Waals surface area contributed by atoms with Gasteiger partial charge in [0.2, 0.25) is 5.13 Å². The fourth-order valence-corrected chi connectivity index (χ4v) is 2.16. The third-order valence-corrected chi connectivity index (χ3v) is 2.99. The first-order chi connectivity index (χ1) is 8.33. The van der Waals surface area contributed by atoms with Crippen LogP contribution in [0.3, 0.4) is 0 Å². The van der Waals surface area contributed by atoms with Crippen molar-refractivity contribution in [1.82, 2.24) is 9.36 Å². The van der Waals surface area contributed by atoms with Crippen LogP contribution in [0.5, 0.6) is 0 Å². The quantitative estimate of drug-likeness (QED) is 0.857. The van der Waals surface area contributed by atoms with Crippen molar-refractivity contribution in [2.24, 2.45) is 0 Å². The first kappa shape index (κ1) is 12.1. The molecule has 0 aromatic carbocycles. The van der Waals surface area contributed by atoms with Crippen molar-refractivity contribution >= 4 is 16.7 Å². The summed E-state index contributed by atoms with van der Waals surface area (Å²) in [5.74, 6) is 1.69. The Bertz CT molecular complexity index is 441. The minimum atomic E-state index is -0.0346. The summed E-state index contributed by atoms with van der Waals surface area (Å²) in [6.45, 7) is 2.56. The molecule has 0 fully saturated rings. The number of ether oxygens (including phenoxy) is 1. The molecule has 1 unspecified atom stereocenters. The molecular weight excluding hydrogens is 238 g/mol. The van der Waals surface area contributed by atoms with Gasteiger partial charge >= 0.3 is 0 Å². The summed E-state index contributed by atoms with van der Waals surface area (Å²) in [4.78, 5) is 4.36. The Morgan fingerprint density at radius 3 is 3.06 bits per heavy atom. The van der Waals surface area contributed by atoms with E-state index in [0.717, 1.165) is 23.1 Å². The molecule has 0 saturated heterocycles. The Balaban J connectivity index is 2.07. The molecule has 2 aromatic rings. The lowest BCUT2D eigenvalue weighted by atomic mass is 10.2. The molecule has 5 nitrogen and oxygen atoms in total. The van der Waals surface area contributed by atoms with E-state index in [1.165, 1.54) is 11.5 Å². The van der Waals surface area contributed by atoms with Crippen LogP contribution in [-0.2, 0) is 11.2 Å². The van der Waals surface area contributed by atoms with Crippen LogP contribution in [0.1, 0.15) is 24.6 Å². The van der Waals surface area contributed by atoms with Gasteiger partial charge in [0.25, 0.3) is 0 Å². The second-order valence-corrected chi connectivity index (χ2v) is 4.29. The maximum atomic E-state index is 5.37. The second-order valence-electron chi connectivity index (χ2n) is 3.54. The van der Waals surface area contributed by atoms with Gasteiger partial charge in [-0.3, -0.25) is 0 Å². The monoisotopic (exact) mass is 253 g/mol. The van der Waals surface area contributed by atoms with Crippen LogP contribution < -0.4 is 5.32 Å². The number of hydrogen-bond acceptors (Lipinski definition) is 6. The van der Waals surface area contributed by atoms with Crippen LogP contribution in [0.25, 0.3) is 0 Å². The van der Waals surface area contributed by atoms with E-state index in [9.17, 15) is 0 Å². The van der Waals surface area contributed by atoms with E-state index in [1.807, 2.05) is 19.1 Å². The average molecular weight is 253 g/mol. The number of aromatic nitrogens is 2. The molecule has 0 saturated carbocycles. The van der Waals surface area contributed by atoms with Gasteiger partial charge in [-0.2, -0.15) is 4.37 Å². The lowest BCUT2D eigenvalue weighted by Crippen LogP contribution is -2.15. The van der Waals surface area contributed by atoms with Crippen LogP contribution in [0.4, 0.5) is 5.13 Å². The van der Waals surface area contributed by atoms with Gasteiger partial charge in [0.1, 0.15) is 17.6 Å². The van der Waals surface area contributed by atoms with Crippen molar-refractivity contribution in [2.75, 3.05) is 19.0 Å². The number of furan rings is 1. The predicted molar refractivity (Wildman–Crippen MR) is 66.2 cm³/mol. The van der Waals surface area contributed by atoms with Crippen molar-refractivity contribution < 1.29 is 9.15 Å². The summed E-state index contributed by atoms with van der Waals surface area (Å²) in [6.07, 6.45) is 2.49. The Kier molecular flexibility index (Phi) is 4.11. The van der Waals surface area contributed by atoms with E-state index in [4.69, 9.17) is 9.15 Å². The molecule has 0 amide bonds. The van der Waals surface area contributed by atoms with Crippen LogP contribution in [0.15, 0.2) is 22.8 Å². The largest absolute Gasteiger partial charge is 0.467 e. The first-order valence-corrected chi connectivity index (χ1v) is 6.22. The normalized spacial score (nSPS) is 12.6. The van der Waals surface area contributed by atoms with Crippen LogP contribution in [0.2, 0.25) is 0 Å². The van der Waals surface area contributed by atoms with Crippen LogP contribution >= 0.6 is 11.5 Å². The van der Waals surface area contributed by atoms with E-state index < -0.39 is 0 Å². The van der Waals surface area contributed by atoms with Gasteiger partial charge < -0.3 is 14.5 Å². The van der Waals surface area contributed by atoms with Crippen molar-refractivity contribution in [3.8, 4) is 0 Å². The van der Waals surface area contributed by atoms with E-state index >= 15 is 0 Å². The molecule has 2 aromatic heterocycles. The molecule has 0 aliphatic carbocycles. The van der Waals surface area contributed by atoms with Gasteiger partial charge in [-0.1, -0.05) is 6.92 Å². The zero-order valence-electron chi connectivity index (χ0n) is 9.84. The Labute approximate surface area is 104 Å². The van der Waals surface area contributed by atoms with E-state index in [1.54, 1.807) is 13.4 Å². The summed E-state index contributed by atoms with van der Waals surface area (Å²) < 4.78 is 14.8. The van der Waals surface area contributed by atoms with Crippen molar-refractivity contribution in [2.45, 2.75) is 19.4 Å². The predicted octanol–water partition coefficient (Wildman–Crippen LogP) is 2.49. The summed E-state index contributed by atoms with van der Waals surface area (Å²) >= 11 is 1.36. The third-order valence-electron chi connectivity index (χ3n) is 2.30. The van der Waals surface area contributed by atoms with Crippen LogP contribution in [-0.4, -0.2) is 23.1 Å². The summed E-state index contributed by atoms with van der Waals surface area (Å²) in [5.41, 5.74) is 0. The molecule has 1 atom stereocenters. The maximum absolute atomic E-state index is 5.37. The highest BCUT2D eigenvalue weighted by Crippen LogP contribution is 2.21. The highest BCUT2D eigenvalue weighted by Gasteiger charge is 2.15. The van der Waals surface area contributed by atoms with Gasteiger partial charge in [0.05, 0.1) is 12.9 Å². The molecule has 1 N–H and O–H groups in total. The average Bonchev–Trinajstić information content (AvgIpc) is 2.99. The van der Waals surface area contributed by atoms with Gasteiger partial charge in [-0.25, -0.2) is 4.98 Å². The summed E-state index contributed by atoms with van der Waals surface area (Å²) in [6, 6.07) is 3.74. The lowest BCUT2D eigenvalue weighted by molar-refractivity contribution is 0.179. The molecule has 0 radical (unpaired) electrons. The van der Waals surface area contributed by atoms with Gasteiger partial charge in [-0.15, -0.1) is 0 Å². The number of rotatable bonds is 6. The maximum Gasteiger partial charge on any atom is 0.203 e. The smallest absolute Gasteiger partial charge is 0.203 e. The second kappa shape index (κ2) is 5.79. The minimum Gasteiger partial charge on any atom is -0.467 e. The molecule has 0 aliphatic rings. The fourth-order valence-electron chi connectivity index (χ4n) is 1.46. The highest BCUT2D eigenvalue weighted by molar-refractivity contribution is 7.09. The lowest BCUT2D eigenvalue weighted by Gasteiger charge is -2.14. The van der Waals surface area contributed by atoms with E-state index in [-0.39, 0.29) is 6.04 Å². The van der Waals surface area contributed by atoms with Crippen molar-refractivity contribution in [1.29, 1.82) is 0 Å². The summed E-state index contributed by atoms with van der Waals surface area (Å²) in [7, 11) is 1.66. The zero-order valence-corrected chi connectivity index (χ0v) is 10.7. The molecule has 17 heavy (non-hydrogen) atoms. The van der Waals surface area contributed by atoms with Gasteiger partial charge in [0, 0.05) is 25.1 Å². The third kappa shape index (κ3) is 3.04. The molecule has 92 valence electrons. The van der Waals surface area contributed by atoms with E-state index in [0.29, 0.717) is 6.61 Å². The molecule has 0 spiro atoms. The molecule has 2 heterocycles. The SMILES string of the molecule is CCc1nsc(NC(COC)c2ccco2)n1. The molecule has 0 bridgehead atoms. The van der Waals surface area contributed by atoms with E-state index in [2.05, 4.69) is 14.7 Å². The Hall–Kier alpha value is -1.40. The molecular formula is C11H15N3O2S. The number of hydrogen-bond donors (Lipinski definition) is 1. The Morgan fingerprint density at radius 2 is 2.47 bits per heavy atom. The number of methoxy groups -OCH3 is 1. The number of aryl methyl sites for hydroxylation is 1. The first-order valence-electron chi connectivity index (χ1n) is 5.45. The van der Waals surface area contributed by atoms with Crippen LogP contribution in [0, 0.1) is 0 Å². The molecule has 0 aliphatic heterocycles. The number of nitrogens with one attached hydrogen (secondary N) is 1. The van der Waals surface area contributed by atoms with Crippen molar-refractivity contribution in [3.05, 3.63) is 30.0 Å². The molecule has 6 heteroatoms.